The van der Waals surface area contributed by atoms with Crippen LogP contribution in [0, 0.1) is 0 Å². The van der Waals surface area contributed by atoms with Crippen molar-refractivity contribution in [3.8, 4) is 5.69 Å². The predicted octanol–water partition coefficient (Wildman–Crippen LogP) is 6.03. The summed E-state index contributed by atoms with van der Waals surface area (Å²) in [6.07, 6.45) is 3.89. The molecule has 0 spiro atoms. The molecule has 2 aromatic carbocycles. The molecular formula is C25H30BrN3O2. The van der Waals surface area contributed by atoms with Crippen LogP contribution in [0.2, 0.25) is 0 Å². The highest BCUT2D eigenvalue weighted by atomic mass is 79.9. The van der Waals surface area contributed by atoms with Crippen LogP contribution in [0.15, 0.2) is 57.8 Å². The van der Waals surface area contributed by atoms with Gasteiger partial charge in [0.2, 0.25) is 5.91 Å². The number of carbonyl (C=O) groups excluding carboxylic acids is 1. The molecule has 0 aliphatic heterocycles. The van der Waals surface area contributed by atoms with E-state index in [0.717, 1.165) is 29.4 Å². The van der Waals surface area contributed by atoms with Gasteiger partial charge in [0.05, 0.1) is 22.6 Å². The second kappa shape index (κ2) is 10.7. The lowest BCUT2D eigenvalue weighted by Crippen LogP contribution is -2.39. The number of para-hydroxylation sites is 1. The van der Waals surface area contributed by atoms with Crippen LogP contribution in [-0.4, -0.2) is 26.9 Å². The average molecular weight is 484 g/mol. The quantitative estimate of drug-likeness (QED) is 0.373. The number of amides is 1. The highest BCUT2D eigenvalue weighted by Gasteiger charge is 2.28. The molecule has 3 aromatic rings. The van der Waals surface area contributed by atoms with Gasteiger partial charge in [0.1, 0.15) is 5.82 Å². The fraction of sp³-hybridized carbons (Fsp3) is 0.400. The molecule has 3 rings (SSSR count). The van der Waals surface area contributed by atoms with Gasteiger partial charge >= 0.3 is 0 Å². The van der Waals surface area contributed by atoms with Crippen molar-refractivity contribution in [2.24, 2.45) is 0 Å². The zero-order valence-electron chi connectivity index (χ0n) is 18.5. The SMILES string of the molecule is CCCCN(C(=O)CCC)C(CC)c1nc2ccccc2c(=O)n1-c1ccc(Br)cc1. The van der Waals surface area contributed by atoms with E-state index < -0.39 is 0 Å². The zero-order chi connectivity index (χ0) is 22.4. The van der Waals surface area contributed by atoms with Crippen molar-refractivity contribution >= 4 is 32.7 Å². The fourth-order valence-electron chi connectivity index (χ4n) is 3.90. The van der Waals surface area contributed by atoms with E-state index in [4.69, 9.17) is 4.98 Å². The second-order valence-electron chi connectivity index (χ2n) is 7.72. The number of benzene rings is 2. The number of hydrogen-bond acceptors (Lipinski definition) is 3. The first-order chi connectivity index (χ1) is 15.0. The normalized spacial score (nSPS) is 12.1. The van der Waals surface area contributed by atoms with E-state index in [1.165, 1.54) is 0 Å². The Morgan fingerprint density at radius 2 is 1.77 bits per heavy atom. The van der Waals surface area contributed by atoms with Crippen molar-refractivity contribution in [2.75, 3.05) is 6.54 Å². The molecule has 0 aliphatic carbocycles. The number of aromatic nitrogens is 2. The number of hydrogen-bond donors (Lipinski definition) is 0. The number of halogens is 1. The van der Waals surface area contributed by atoms with Crippen molar-refractivity contribution in [3.05, 3.63) is 69.2 Å². The van der Waals surface area contributed by atoms with Crippen molar-refractivity contribution in [2.45, 2.75) is 58.9 Å². The van der Waals surface area contributed by atoms with Gasteiger partial charge < -0.3 is 4.90 Å². The Labute approximate surface area is 192 Å². The maximum absolute atomic E-state index is 13.6. The Bertz CT molecular complexity index is 1090. The van der Waals surface area contributed by atoms with Gasteiger partial charge in [-0.3, -0.25) is 14.2 Å². The second-order valence-corrected chi connectivity index (χ2v) is 8.63. The summed E-state index contributed by atoms with van der Waals surface area (Å²) in [5, 5.41) is 0.573. The lowest BCUT2D eigenvalue weighted by molar-refractivity contribution is -0.134. The Morgan fingerprint density at radius 1 is 1.06 bits per heavy atom. The van der Waals surface area contributed by atoms with E-state index in [9.17, 15) is 9.59 Å². The number of unbranched alkanes of at least 4 members (excludes halogenated alkanes) is 1. The minimum atomic E-state index is -0.272. The lowest BCUT2D eigenvalue weighted by atomic mass is 10.1. The molecule has 0 N–H and O–H groups in total. The summed E-state index contributed by atoms with van der Waals surface area (Å²) in [4.78, 5) is 33.5. The fourth-order valence-corrected chi connectivity index (χ4v) is 4.16. The van der Waals surface area contributed by atoms with Gasteiger partial charge in [-0.05, 0) is 55.7 Å². The minimum absolute atomic E-state index is 0.111. The first kappa shape index (κ1) is 23.2. The van der Waals surface area contributed by atoms with E-state index in [1.54, 1.807) is 4.57 Å². The van der Waals surface area contributed by atoms with Gasteiger partial charge in [0, 0.05) is 17.4 Å². The number of carbonyl (C=O) groups is 1. The Kier molecular flexibility index (Phi) is 8.02. The van der Waals surface area contributed by atoms with E-state index in [1.807, 2.05) is 60.4 Å². The third-order valence-electron chi connectivity index (χ3n) is 5.48. The maximum Gasteiger partial charge on any atom is 0.266 e. The average Bonchev–Trinajstić information content (AvgIpc) is 2.77. The molecule has 31 heavy (non-hydrogen) atoms. The highest BCUT2D eigenvalue weighted by molar-refractivity contribution is 9.10. The molecule has 1 amide bonds. The van der Waals surface area contributed by atoms with Crippen LogP contribution < -0.4 is 5.56 Å². The number of nitrogens with zero attached hydrogens (tertiary/aromatic N) is 3. The van der Waals surface area contributed by atoms with Gasteiger partial charge in [-0.15, -0.1) is 0 Å². The van der Waals surface area contributed by atoms with Crippen LogP contribution >= 0.6 is 15.9 Å². The minimum Gasteiger partial charge on any atom is -0.333 e. The van der Waals surface area contributed by atoms with Gasteiger partial charge in [0.25, 0.3) is 5.56 Å². The molecule has 1 aromatic heterocycles. The zero-order valence-corrected chi connectivity index (χ0v) is 20.1. The van der Waals surface area contributed by atoms with E-state index in [2.05, 4.69) is 29.8 Å². The molecule has 0 bridgehead atoms. The van der Waals surface area contributed by atoms with Crippen LogP contribution in [0.1, 0.15) is 64.7 Å². The van der Waals surface area contributed by atoms with Gasteiger partial charge in [-0.25, -0.2) is 4.98 Å². The molecule has 0 aliphatic rings. The third kappa shape index (κ3) is 5.06. The molecule has 5 nitrogen and oxygen atoms in total. The monoisotopic (exact) mass is 483 g/mol. The van der Waals surface area contributed by atoms with Crippen LogP contribution in [0.25, 0.3) is 16.6 Å². The largest absolute Gasteiger partial charge is 0.333 e. The number of rotatable bonds is 9. The smallest absolute Gasteiger partial charge is 0.266 e. The van der Waals surface area contributed by atoms with Crippen molar-refractivity contribution in [1.82, 2.24) is 14.5 Å². The molecule has 6 heteroatoms. The lowest BCUT2D eigenvalue weighted by Gasteiger charge is -2.32. The van der Waals surface area contributed by atoms with E-state index in [0.29, 0.717) is 36.1 Å². The van der Waals surface area contributed by atoms with Crippen LogP contribution in [0.5, 0.6) is 0 Å². The predicted molar refractivity (Wildman–Crippen MR) is 130 cm³/mol. The molecular weight excluding hydrogens is 454 g/mol. The molecule has 164 valence electrons. The summed E-state index contributed by atoms with van der Waals surface area (Å²) in [5.74, 6) is 0.738. The summed E-state index contributed by atoms with van der Waals surface area (Å²) in [7, 11) is 0. The maximum atomic E-state index is 13.6. The van der Waals surface area contributed by atoms with E-state index in [-0.39, 0.29) is 17.5 Å². The Hall–Kier alpha value is -2.47. The first-order valence-electron chi connectivity index (χ1n) is 11.1. The molecule has 0 fully saturated rings. The van der Waals surface area contributed by atoms with Crippen LogP contribution in [-0.2, 0) is 4.79 Å². The van der Waals surface area contributed by atoms with Crippen molar-refractivity contribution in [1.29, 1.82) is 0 Å². The Balaban J connectivity index is 2.26. The molecule has 0 saturated heterocycles. The third-order valence-corrected chi connectivity index (χ3v) is 6.01. The molecule has 0 saturated carbocycles. The van der Waals surface area contributed by atoms with Gasteiger partial charge in [-0.1, -0.05) is 55.3 Å². The first-order valence-corrected chi connectivity index (χ1v) is 11.9. The van der Waals surface area contributed by atoms with Gasteiger partial charge in [-0.2, -0.15) is 0 Å². The van der Waals surface area contributed by atoms with E-state index >= 15 is 0 Å². The summed E-state index contributed by atoms with van der Waals surface area (Å²) < 4.78 is 2.62. The summed E-state index contributed by atoms with van der Waals surface area (Å²) in [6, 6.07) is 14.8. The molecule has 1 heterocycles. The summed E-state index contributed by atoms with van der Waals surface area (Å²) in [5.41, 5.74) is 1.30. The Morgan fingerprint density at radius 3 is 2.42 bits per heavy atom. The van der Waals surface area contributed by atoms with Gasteiger partial charge in [0.15, 0.2) is 0 Å². The van der Waals surface area contributed by atoms with Crippen molar-refractivity contribution < 1.29 is 4.79 Å². The van der Waals surface area contributed by atoms with Crippen LogP contribution in [0.4, 0.5) is 0 Å². The summed E-state index contributed by atoms with van der Waals surface area (Å²) in [6.45, 7) is 6.85. The molecule has 0 radical (unpaired) electrons. The van der Waals surface area contributed by atoms with Crippen LogP contribution in [0.3, 0.4) is 0 Å². The topological polar surface area (TPSA) is 55.2 Å². The highest BCUT2D eigenvalue weighted by Crippen LogP contribution is 2.27. The summed E-state index contributed by atoms with van der Waals surface area (Å²) >= 11 is 3.47. The molecule has 1 atom stereocenters. The number of fused-ring (bicyclic) bond motifs is 1. The standard InChI is InChI=1S/C25H30BrN3O2/c1-4-7-17-28(23(30)10-5-2)22(6-3)24-27-21-12-9-8-11-20(21)25(31)29(24)19-15-13-18(26)14-16-19/h8-9,11-16,22H,4-7,10,17H2,1-3H3. The van der Waals surface area contributed by atoms with Crippen molar-refractivity contribution in [3.63, 3.8) is 0 Å². The molecule has 1 unspecified atom stereocenters.